The third kappa shape index (κ3) is 0.889. The van der Waals surface area contributed by atoms with Crippen LogP contribution in [0.3, 0.4) is 0 Å². The van der Waals surface area contributed by atoms with Gasteiger partial charge in [0.15, 0.2) is 5.78 Å². The summed E-state index contributed by atoms with van der Waals surface area (Å²) >= 11 is 0. The average molecular weight is 160 g/mol. The van der Waals surface area contributed by atoms with Gasteiger partial charge >= 0.3 is 0 Å². The molecule has 0 atom stereocenters. The molecule has 0 saturated heterocycles. The standard InChI is InChI=1S/C10H8O2/c11-6-8-5-7-3-1-2-4-9(7)10(8)12/h1-5,11H,6H2. The van der Waals surface area contributed by atoms with E-state index in [2.05, 4.69) is 0 Å². The maximum Gasteiger partial charge on any atom is 0.191 e. The number of benzene rings is 1. The van der Waals surface area contributed by atoms with E-state index < -0.39 is 0 Å². The Balaban J connectivity index is 2.54. The molecule has 0 bridgehead atoms. The number of aliphatic hydroxyl groups is 1. The Morgan fingerprint density at radius 1 is 1.25 bits per heavy atom. The van der Waals surface area contributed by atoms with Crippen LogP contribution in [0.2, 0.25) is 0 Å². The Hall–Kier alpha value is -1.41. The van der Waals surface area contributed by atoms with Crippen LogP contribution in [0.4, 0.5) is 0 Å². The van der Waals surface area contributed by atoms with E-state index in [0.29, 0.717) is 11.1 Å². The highest BCUT2D eigenvalue weighted by Crippen LogP contribution is 2.23. The van der Waals surface area contributed by atoms with Crippen molar-refractivity contribution in [2.75, 3.05) is 6.61 Å². The first-order chi connectivity index (χ1) is 5.83. The molecule has 1 N–H and O–H groups in total. The number of rotatable bonds is 1. The molecule has 1 aromatic carbocycles. The lowest BCUT2D eigenvalue weighted by Crippen LogP contribution is -2.01. The summed E-state index contributed by atoms with van der Waals surface area (Å²) in [6.07, 6.45) is 1.73. The normalized spacial score (nSPS) is 14.4. The summed E-state index contributed by atoms with van der Waals surface area (Å²) in [5, 5.41) is 8.82. The van der Waals surface area contributed by atoms with Crippen LogP contribution in [-0.2, 0) is 0 Å². The summed E-state index contributed by atoms with van der Waals surface area (Å²) in [5.74, 6) is -0.0481. The fraction of sp³-hybridized carbons (Fsp3) is 0.100. The molecule has 2 heteroatoms. The molecule has 2 rings (SSSR count). The first kappa shape index (κ1) is 7.25. The minimum atomic E-state index is -0.173. The van der Waals surface area contributed by atoms with Crippen LogP contribution in [0.1, 0.15) is 15.9 Å². The lowest BCUT2D eigenvalue weighted by atomic mass is 10.1. The lowest BCUT2D eigenvalue weighted by molar-refractivity contribution is 0.102. The molecular formula is C10H8O2. The predicted octanol–water partition coefficient (Wildman–Crippen LogP) is 1.26. The molecule has 0 radical (unpaired) electrons. The number of aliphatic hydroxyl groups excluding tert-OH is 1. The Kier molecular flexibility index (Phi) is 1.55. The SMILES string of the molecule is O=C1C(CO)=Cc2ccccc21. The molecule has 0 amide bonds. The monoisotopic (exact) mass is 160 g/mol. The van der Waals surface area contributed by atoms with E-state index in [4.69, 9.17) is 5.11 Å². The zero-order valence-electron chi connectivity index (χ0n) is 6.45. The van der Waals surface area contributed by atoms with E-state index in [9.17, 15) is 4.79 Å². The second kappa shape index (κ2) is 2.57. The van der Waals surface area contributed by atoms with Crippen LogP contribution in [0.15, 0.2) is 29.8 Å². The van der Waals surface area contributed by atoms with Gasteiger partial charge in [0.05, 0.1) is 6.61 Å². The van der Waals surface area contributed by atoms with Crippen LogP contribution < -0.4 is 0 Å². The fourth-order valence-electron chi connectivity index (χ4n) is 1.37. The van der Waals surface area contributed by atoms with Crippen LogP contribution >= 0.6 is 0 Å². The predicted molar refractivity (Wildman–Crippen MR) is 45.8 cm³/mol. The highest BCUT2D eigenvalue weighted by atomic mass is 16.3. The second-order valence-corrected chi connectivity index (χ2v) is 2.74. The molecule has 0 unspecified atom stereocenters. The van der Waals surface area contributed by atoms with E-state index in [0.717, 1.165) is 5.56 Å². The molecule has 1 aromatic rings. The van der Waals surface area contributed by atoms with Crippen molar-refractivity contribution >= 4 is 11.9 Å². The van der Waals surface area contributed by atoms with Gasteiger partial charge in [0, 0.05) is 11.1 Å². The van der Waals surface area contributed by atoms with Crippen molar-refractivity contribution in [2.24, 2.45) is 0 Å². The van der Waals surface area contributed by atoms with Gasteiger partial charge in [-0.25, -0.2) is 0 Å². The molecule has 0 spiro atoms. The van der Waals surface area contributed by atoms with Crippen molar-refractivity contribution in [2.45, 2.75) is 0 Å². The summed E-state index contributed by atoms with van der Waals surface area (Å²) in [7, 11) is 0. The van der Waals surface area contributed by atoms with Crippen LogP contribution in [0.5, 0.6) is 0 Å². The van der Waals surface area contributed by atoms with E-state index in [-0.39, 0.29) is 12.4 Å². The highest BCUT2D eigenvalue weighted by molar-refractivity contribution is 6.17. The molecule has 1 aliphatic carbocycles. The van der Waals surface area contributed by atoms with Gasteiger partial charge < -0.3 is 5.11 Å². The minimum Gasteiger partial charge on any atom is -0.392 e. The molecule has 12 heavy (non-hydrogen) atoms. The van der Waals surface area contributed by atoms with Crippen molar-refractivity contribution in [3.63, 3.8) is 0 Å². The van der Waals surface area contributed by atoms with Crippen molar-refractivity contribution in [1.29, 1.82) is 0 Å². The van der Waals surface area contributed by atoms with Gasteiger partial charge in [-0.3, -0.25) is 4.79 Å². The molecule has 0 fully saturated rings. The third-order valence-corrected chi connectivity index (χ3v) is 2.00. The van der Waals surface area contributed by atoms with Gasteiger partial charge in [-0.15, -0.1) is 0 Å². The number of fused-ring (bicyclic) bond motifs is 1. The molecule has 0 saturated carbocycles. The molecule has 0 aliphatic heterocycles. The van der Waals surface area contributed by atoms with Crippen LogP contribution in [-0.4, -0.2) is 17.5 Å². The summed E-state index contributed by atoms with van der Waals surface area (Å²) in [6.45, 7) is -0.173. The van der Waals surface area contributed by atoms with Crippen molar-refractivity contribution in [1.82, 2.24) is 0 Å². The molecule has 0 heterocycles. The van der Waals surface area contributed by atoms with E-state index in [1.807, 2.05) is 18.2 Å². The number of Topliss-reactive ketones (excluding diaryl/α,β-unsaturated/α-hetero) is 1. The number of hydrogen-bond acceptors (Lipinski definition) is 2. The zero-order chi connectivity index (χ0) is 8.55. The van der Waals surface area contributed by atoms with Gasteiger partial charge in [0.2, 0.25) is 0 Å². The lowest BCUT2D eigenvalue weighted by Gasteiger charge is -1.94. The molecule has 60 valence electrons. The van der Waals surface area contributed by atoms with Gasteiger partial charge in [0.1, 0.15) is 0 Å². The topological polar surface area (TPSA) is 37.3 Å². The summed E-state index contributed by atoms with van der Waals surface area (Å²) in [6, 6.07) is 7.35. The largest absolute Gasteiger partial charge is 0.392 e. The van der Waals surface area contributed by atoms with Gasteiger partial charge in [-0.05, 0) is 11.6 Å². The third-order valence-electron chi connectivity index (χ3n) is 2.00. The average Bonchev–Trinajstić information content (AvgIpc) is 2.44. The first-order valence-electron chi connectivity index (χ1n) is 3.78. The van der Waals surface area contributed by atoms with Crippen molar-refractivity contribution in [3.8, 4) is 0 Å². The second-order valence-electron chi connectivity index (χ2n) is 2.74. The number of carbonyl (C=O) groups excluding carboxylic acids is 1. The Morgan fingerprint density at radius 2 is 2.00 bits per heavy atom. The molecular weight excluding hydrogens is 152 g/mol. The quantitative estimate of drug-likeness (QED) is 0.671. The van der Waals surface area contributed by atoms with E-state index in [1.165, 1.54) is 0 Å². The molecule has 1 aliphatic rings. The maximum atomic E-state index is 11.4. The first-order valence-corrected chi connectivity index (χ1v) is 3.78. The van der Waals surface area contributed by atoms with Gasteiger partial charge in [0.25, 0.3) is 0 Å². The Labute approximate surface area is 70.2 Å². The smallest absolute Gasteiger partial charge is 0.191 e. The van der Waals surface area contributed by atoms with Crippen LogP contribution in [0, 0.1) is 0 Å². The van der Waals surface area contributed by atoms with E-state index in [1.54, 1.807) is 12.1 Å². The number of hydrogen-bond donors (Lipinski definition) is 1. The zero-order valence-corrected chi connectivity index (χ0v) is 6.45. The summed E-state index contributed by atoms with van der Waals surface area (Å²) in [4.78, 5) is 11.4. The Morgan fingerprint density at radius 3 is 2.67 bits per heavy atom. The highest BCUT2D eigenvalue weighted by Gasteiger charge is 2.20. The van der Waals surface area contributed by atoms with Crippen molar-refractivity contribution in [3.05, 3.63) is 41.0 Å². The summed E-state index contributed by atoms with van der Waals surface area (Å²) in [5.41, 5.74) is 2.09. The Bertz CT molecular complexity index is 364. The molecule has 0 aromatic heterocycles. The van der Waals surface area contributed by atoms with Gasteiger partial charge in [-0.1, -0.05) is 24.3 Å². The minimum absolute atomic E-state index is 0.0481. The fourth-order valence-corrected chi connectivity index (χ4v) is 1.37. The van der Waals surface area contributed by atoms with Crippen molar-refractivity contribution < 1.29 is 9.90 Å². The number of carbonyl (C=O) groups is 1. The summed E-state index contributed by atoms with van der Waals surface area (Å²) < 4.78 is 0. The maximum absolute atomic E-state index is 11.4. The van der Waals surface area contributed by atoms with E-state index >= 15 is 0 Å². The number of ketones is 1. The van der Waals surface area contributed by atoms with Gasteiger partial charge in [-0.2, -0.15) is 0 Å². The van der Waals surface area contributed by atoms with Crippen LogP contribution in [0.25, 0.3) is 6.08 Å². The molecule has 2 nitrogen and oxygen atoms in total.